The molecule has 0 aliphatic carbocycles. The minimum Gasteiger partial charge on any atom is -0.756 e. The summed E-state index contributed by atoms with van der Waals surface area (Å²) in [4.78, 5) is 24.8. The highest BCUT2D eigenvalue weighted by atomic mass is 31.2. The molecule has 0 fully saturated rings. The van der Waals surface area contributed by atoms with Crippen LogP contribution >= 0.6 is 7.82 Å². The lowest BCUT2D eigenvalue weighted by Crippen LogP contribution is -2.37. The van der Waals surface area contributed by atoms with Crippen LogP contribution in [0.1, 0.15) is 162 Å². The van der Waals surface area contributed by atoms with Gasteiger partial charge in [0.25, 0.3) is 7.82 Å². The summed E-state index contributed by atoms with van der Waals surface area (Å²) in [5, 5.41) is 0. The number of phosphoric ester groups is 1. The predicted molar refractivity (Wildman–Crippen MR) is 190 cm³/mol. The molecule has 274 valence electrons. The van der Waals surface area contributed by atoms with E-state index < -0.39 is 13.9 Å². The van der Waals surface area contributed by atoms with Gasteiger partial charge in [0.1, 0.15) is 19.3 Å². The maximum absolute atomic E-state index is 12.5. The third-order valence-electron chi connectivity index (χ3n) is 8.07. The molecule has 9 heteroatoms. The Labute approximate surface area is 284 Å². The van der Waals surface area contributed by atoms with E-state index in [1.807, 2.05) is 21.1 Å². The Morgan fingerprint density at radius 3 is 1.65 bits per heavy atom. The van der Waals surface area contributed by atoms with Gasteiger partial charge in [0.05, 0.1) is 34.4 Å². The van der Waals surface area contributed by atoms with Gasteiger partial charge in [-0.1, -0.05) is 129 Å². The van der Waals surface area contributed by atoms with Crippen molar-refractivity contribution in [3.05, 3.63) is 12.2 Å². The van der Waals surface area contributed by atoms with Gasteiger partial charge in [-0.15, -0.1) is 0 Å². The second-order valence-corrected chi connectivity index (χ2v) is 15.4. The van der Waals surface area contributed by atoms with E-state index in [0.29, 0.717) is 24.1 Å². The Kier molecular flexibility index (Phi) is 31.0. The van der Waals surface area contributed by atoms with E-state index in [0.717, 1.165) is 32.1 Å². The molecule has 0 aliphatic rings. The van der Waals surface area contributed by atoms with Crippen LogP contribution in [0.4, 0.5) is 0 Å². The van der Waals surface area contributed by atoms with Crippen LogP contribution in [0.5, 0.6) is 0 Å². The summed E-state index contributed by atoms with van der Waals surface area (Å²) >= 11 is 0. The largest absolute Gasteiger partial charge is 0.756 e. The summed E-state index contributed by atoms with van der Waals surface area (Å²) < 4.78 is 34.2. The lowest BCUT2D eigenvalue weighted by atomic mass is 10.1. The van der Waals surface area contributed by atoms with Crippen molar-refractivity contribution in [3.63, 3.8) is 0 Å². The van der Waals surface area contributed by atoms with Crippen molar-refractivity contribution in [2.75, 3.05) is 54.1 Å². The van der Waals surface area contributed by atoms with Crippen molar-refractivity contribution >= 4 is 13.8 Å². The van der Waals surface area contributed by atoms with Crippen LogP contribution in [-0.2, 0) is 27.9 Å². The van der Waals surface area contributed by atoms with Gasteiger partial charge in [-0.2, -0.15) is 0 Å². The summed E-state index contributed by atoms with van der Waals surface area (Å²) in [7, 11) is 1.36. The average Bonchev–Trinajstić information content (AvgIpc) is 2.99. The number of hydrogen-bond acceptors (Lipinski definition) is 7. The van der Waals surface area contributed by atoms with Gasteiger partial charge >= 0.3 is 5.97 Å². The van der Waals surface area contributed by atoms with Crippen LogP contribution in [0, 0.1) is 0 Å². The van der Waals surface area contributed by atoms with Crippen LogP contribution in [0.3, 0.4) is 0 Å². The molecular formula is C37H74NO7P. The van der Waals surface area contributed by atoms with Gasteiger partial charge in [0, 0.05) is 13.0 Å². The summed E-state index contributed by atoms with van der Waals surface area (Å²) in [5.74, 6) is -0.341. The monoisotopic (exact) mass is 676 g/mol. The third-order valence-corrected chi connectivity index (χ3v) is 9.03. The molecular weight excluding hydrogens is 601 g/mol. The van der Waals surface area contributed by atoms with Crippen molar-refractivity contribution in [2.24, 2.45) is 0 Å². The van der Waals surface area contributed by atoms with Gasteiger partial charge in [0.2, 0.25) is 0 Å². The summed E-state index contributed by atoms with van der Waals surface area (Å²) in [5.41, 5.74) is 0. The lowest BCUT2D eigenvalue weighted by molar-refractivity contribution is -0.870. The van der Waals surface area contributed by atoms with Gasteiger partial charge in [-0.25, -0.2) is 0 Å². The Morgan fingerprint density at radius 2 is 1.13 bits per heavy atom. The smallest absolute Gasteiger partial charge is 0.306 e. The molecule has 0 aromatic rings. The molecule has 0 bridgehead atoms. The average molecular weight is 676 g/mol. The minimum atomic E-state index is -4.50. The van der Waals surface area contributed by atoms with Gasteiger partial charge in [-0.05, 0) is 38.5 Å². The predicted octanol–water partition coefficient (Wildman–Crippen LogP) is 9.69. The van der Waals surface area contributed by atoms with E-state index in [9.17, 15) is 14.3 Å². The first-order chi connectivity index (χ1) is 22.1. The van der Waals surface area contributed by atoms with Crippen molar-refractivity contribution in [1.29, 1.82) is 0 Å². The summed E-state index contributed by atoms with van der Waals surface area (Å²) in [6, 6.07) is 0. The molecule has 0 saturated carbocycles. The molecule has 0 heterocycles. The normalized spacial score (nSPS) is 14.1. The molecule has 0 saturated heterocycles. The summed E-state index contributed by atoms with van der Waals surface area (Å²) in [6.45, 7) is 5.36. The molecule has 0 N–H and O–H groups in total. The van der Waals surface area contributed by atoms with E-state index in [2.05, 4.69) is 26.0 Å². The molecule has 2 atom stereocenters. The highest BCUT2D eigenvalue weighted by Gasteiger charge is 2.20. The Bertz CT molecular complexity index is 756. The molecule has 0 spiro atoms. The number of rotatable bonds is 35. The number of hydrogen-bond donors (Lipinski definition) is 0. The first-order valence-electron chi connectivity index (χ1n) is 18.9. The molecule has 46 heavy (non-hydrogen) atoms. The fraction of sp³-hybridized carbons (Fsp3) is 0.919. The van der Waals surface area contributed by atoms with Crippen LogP contribution in [0.25, 0.3) is 0 Å². The number of allylic oxidation sites excluding steroid dienone is 2. The molecule has 0 aromatic carbocycles. The number of esters is 1. The standard InChI is InChI=1S/C37H74NO7P/c1-6-8-10-12-14-15-16-17-18-19-20-21-22-23-24-25-26-28-30-37(39)45-36(34-42-32-29-27-13-11-9-7-2)35-44-46(40,41)43-33-31-38(3,4)5/h18-19,36H,6-17,20-35H2,1-5H3/b19-18-. The maximum atomic E-state index is 12.5. The molecule has 8 nitrogen and oxygen atoms in total. The van der Waals surface area contributed by atoms with E-state index >= 15 is 0 Å². The van der Waals surface area contributed by atoms with E-state index in [1.54, 1.807) is 0 Å². The second kappa shape index (κ2) is 31.5. The number of ether oxygens (including phenoxy) is 2. The first-order valence-corrected chi connectivity index (χ1v) is 20.4. The third kappa shape index (κ3) is 34.6. The molecule has 0 radical (unpaired) electrons. The second-order valence-electron chi connectivity index (χ2n) is 13.9. The number of carbonyl (C=O) groups is 1. The molecule has 0 amide bonds. The SMILES string of the molecule is CCCCCCCCC/C=C\CCCCCCCCCC(=O)OC(COCCCCCCCC)COP(=O)([O-])OCC[N+](C)(C)C. The Morgan fingerprint density at radius 1 is 0.652 bits per heavy atom. The fourth-order valence-electron chi connectivity index (χ4n) is 5.07. The number of carbonyl (C=O) groups excluding carboxylic acids is 1. The van der Waals surface area contributed by atoms with E-state index in [4.69, 9.17) is 18.5 Å². The number of unbranched alkanes of at least 4 members (excludes halogenated alkanes) is 19. The Hall–Kier alpha value is -0.760. The lowest BCUT2D eigenvalue weighted by Gasteiger charge is -2.28. The zero-order valence-electron chi connectivity index (χ0n) is 30.8. The molecule has 0 aromatic heterocycles. The van der Waals surface area contributed by atoms with Gasteiger partial charge in [0.15, 0.2) is 0 Å². The number of likely N-dealkylation sites (N-methyl/N-ethyl adjacent to an activating group) is 1. The van der Waals surface area contributed by atoms with Crippen molar-refractivity contribution in [1.82, 2.24) is 0 Å². The highest BCUT2D eigenvalue weighted by Crippen LogP contribution is 2.38. The highest BCUT2D eigenvalue weighted by molar-refractivity contribution is 7.45. The number of phosphoric acid groups is 1. The van der Waals surface area contributed by atoms with Crippen LogP contribution < -0.4 is 4.89 Å². The molecule has 0 aliphatic heterocycles. The minimum absolute atomic E-state index is 0.0274. The van der Waals surface area contributed by atoms with Gasteiger partial charge < -0.3 is 27.9 Å². The van der Waals surface area contributed by atoms with Crippen molar-refractivity contribution < 1.29 is 37.3 Å². The number of nitrogens with zero attached hydrogens (tertiary/aromatic N) is 1. The van der Waals surface area contributed by atoms with Gasteiger partial charge in [-0.3, -0.25) is 9.36 Å². The van der Waals surface area contributed by atoms with Crippen LogP contribution in [0.15, 0.2) is 12.2 Å². The van der Waals surface area contributed by atoms with E-state index in [-0.39, 0.29) is 25.8 Å². The summed E-state index contributed by atoms with van der Waals surface area (Å²) in [6.07, 6.45) is 30.9. The quantitative estimate of drug-likeness (QED) is 0.0217. The van der Waals surface area contributed by atoms with Crippen molar-refractivity contribution in [3.8, 4) is 0 Å². The first kappa shape index (κ1) is 45.2. The number of quaternary nitrogens is 1. The Balaban J connectivity index is 4.14. The van der Waals surface area contributed by atoms with Crippen LogP contribution in [-0.4, -0.2) is 70.7 Å². The molecule has 0 rings (SSSR count). The van der Waals surface area contributed by atoms with E-state index in [1.165, 1.54) is 109 Å². The maximum Gasteiger partial charge on any atom is 0.306 e. The zero-order valence-corrected chi connectivity index (χ0v) is 31.7. The van der Waals surface area contributed by atoms with Crippen LogP contribution in [0.2, 0.25) is 0 Å². The molecule has 2 unspecified atom stereocenters. The zero-order chi connectivity index (χ0) is 34.2. The van der Waals surface area contributed by atoms with Crippen molar-refractivity contribution in [2.45, 2.75) is 168 Å². The topological polar surface area (TPSA) is 94.1 Å². The fourth-order valence-corrected chi connectivity index (χ4v) is 5.80.